The zero-order chi connectivity index (χ0) is 21.3. The molecule has 1 aromatic carbocycles. The summed E-state index contributed by atoms with van der Waals surface area (Å²) in [5.41, 5.74) is 2.27. The molecule has 2 N–H and O–H groups in total. The van der Waals surface area contributed by atoms with Gasteiger partial charge >= 0.3 is 0 Å². The highest BCUT2D eigenvalue weighted by Crippen LogP contribution is 2.24. The first kappa shape index (κ1) is 25.0. The molecule has 0 aliphatic carbocycles. The number of benzene rings is 1. The van der Waals surface area contributed by atoms with Gasteiger partial charge in [-0.15, -0.1) is 24.0 Å². The molecule has 1 atom stereocenters. The third-order valence-electron chi connectivity index (χ3n) is 5.12. The number of hydrogen-bond donors (Lipinski definition) is 2. The lowest BCUT2D eigenvalue weighted by Crippen LogP contribution is -2.44. The lowest BCUT2D eigenvalue weighted by molar-refractivity contribution is 0.321. The van der Waals surface area contributed by atoms with Crippen LogP contribution in [0.4, 0.5) is 0 Å². The molecular formula is C22H32IN5O3. The molecule has 0 amide bonds. The maximum Gasteiger partial charge on any atom is 0.213 e. The Kier molecular flexibility index (Phi) is 10.1. The van der Waals surface area contributed by atoms with E-state index in [1.165, 1.54) is 5.56 Å². The Labute approximate surface area is 201 Å². The van der Waals surface area contributed by atoms with Crippen molar-refractivity contribution < 1.29 is 14.2 Å². The highest BCUT2D eigenvalue weighted by atomic mass is 127. The number of aliphatic imine (C=N–C) groups is 1. The van der Waals surface area contributed by atoms with Crippen LogP contribution in [-0.2, 0) is 13.1 Å². The number of rotatable bonds is 8. The normalized spacial score (nSPS) is 16.4. The van der Waals surface area contributed by atoms with Gasteiger partial charge in [0.05, 0.1) is 21.3 Å². The van der Waals surface area contributed by atoms with Crippen LogP contribution in [0.5, 0.6) is 17.4 Å². The van der Waals surface area contributed by atoms with Crippen molar-refractivity contribution >= 4 is 29.9 Å². The highest BCUT2D eigenvalue weighted by molar-refractivity contribution is 14.0. The van der Waals surface area contributed by atoms with Crippen LogP contribution in [0.2, 0.25) is 0 Å². The monoisotopic (exact) mass is 541 g/mol. The minimum absolute atomic E-state index is 0. The minimum Gasteiger partial charge on any atom is -0.497 e. The zero-order valence-corrected chi connectivity index (χ0v) is 20.9. The molecule has 0 saturated carbocycles. The Hall–Kier alpha value is -2.27. The first-order chi connectivity index (χ1) is 14.6. The molecule has 9 heteroatoms. The molecule has 1 saturated heterocycles. The minimum atomic E-state index is 0. The number of halogens is 1. The maximum atomic E-state index is 5.38. The van der Waals surface area contributed by atoms with Crippen molar-refractivity contribution in [2.24, 2.45) is 4.99 Å². The number of nitrogens with one attached hydrogen (secondary N) is 2. The quantitative estimate of drug-likeness (QED) is 0.302. The second kappa shape index (κ2) is 12.6. The van der Waals surface area contributed by atoms with E-state index in [0.717, 1.165) is 49.1 Å². The van der Waals surface area contributed by atoms with Crippen LogP contribution in [-0.4, -0.2) is 63.4 Å². The molecule has 2 heterocycles. The summed E-state index contributed by atoms with van der Waals surface area (Å²) in [5.74, 6) is 3.03. The number of hydrogen-bond acceptors (Lipinski definition) is 6. The fourth-order valence-electron chi connectivity index (χ4n) is 3.56. The van der Waals surface area contributed by atoms with Crippen LogP contribution in [0.15, 0.2) is 41.5 Å². The van der Waals surface area contributed by atoms with Crippen molar-refractivity contribution in [3.63, 3.8) is 0 Å². The van der Waals surface area contributed by atoms with Crippen LogP contribution in [0, 0.1) is 0 Å². The number of aromatic nitrogens is 1. The van der Waals surface area contributed by atoms with E-state index in [0.29, 0.717) is 18.5 Å². The second-order valence-corrected chi connectivity index (χ2v) is 7.22. The van der Waals surface area contributed by atoms with Gasteiger partial charge in [-0.2, -0.15) is 0 Å². The van der Waals surface area contributed by atoms with Gasteiger partial charge in [-0.3, -0.25) is 9.89 Å². The molecule has 8 nitrogen and oxygen atoms in total. The molecule has 1 aromatic heterocycles. The van der Waals surface area contributed by atoms with Gasteiger partial charge in [0, 0.05) is 57.6 Å². The van der Waals surface area contributed by atoms with E-state index in [4.69, 9.17) is 14.2 Å². The number of methoxy groups -OCH3 is 3. The molecule has 1 fully saturated rings. The van der Waals surface area contributed by atoms with E-state index in [9.17, 15) is 0 Å². The number of pyridine rings is 1. The van der Waals surface area contributed by atoms with Crippen LogP contribution < -0.4 is 24.8 Å². The highest BCUT2D eigenvalue weighted by Gasteiger charge is 2.23. The van der Waals surface area contributed by atoms with Gasteiger partial charge < -0.3 is 24.8 Å². The SMILES string of the molecule is CN=C(NCc1ccnc(OC)c1)NC1CCN(Cc2cc(OC)cc(OC)c2)C1.I. The van der Waals surface area contributed by atoms with Gasteiger partial charge in [-0.25, -0.2) is 4.98 Å². The molecule has 1 unspecified atom stereocenters. The number of guanidine groups is 1. The standard InChI is InChI=1S/C22H31N5O3.HI/c1-23-22(25-13-16-5-7-24-21(11-16)30-4)26-18-6-8-27(15-18)14-17-9-19(28-2)12-20(10-17)29-3;/h5,7,9-12,18H,6,8,13-15H2,1-4H3,(H2,23,25,26);1H. The molecule has 0 spiro atoms. The fraction of sp³-hybridized carbons (Fsp3) is 0.455. The molecule has 0 bridgehead atoms. The molecule has 31 heavy (non-hydrogen) atoms. The van der Waals surface area contributed by atoms with Crippen LogP contribution in [0.1, 0.15) is 17.5 Å². The molecular weight excluding hydrogens is 509 g/mol. The van der Waals surface area contributed by atoms with E-state index in [2.05, 4.69) is 37.6 Å². The Bertz CT molecular complexity index is 843. The third kappa shape index (κ3) is 7.42. The van der Waals surface area contributed by atoms with Crippen molar-refractivity contribution in [2.45, 2.75) is 25.6 Å². The Morgan fingerprint density at radius 3 is 2.48 bits per heavy atom. The summed E-state index contributed by atoms with van der Waals surface area (Å²) in [6.07, 6.45) is 2.80. The summed E-state index contributed by atoms with van der Waals surface area (Å²) in [4.78, 5) is 10.9. The van der Waals surface area contributed by atoms with Crippen molar-refractivity contribution in [3.05, 3.63) is 47.7 Å². The summed E-state index contributed by atoms with van der Waals surface area (Å²) in [6.45, 7) is 3.48. The van der Waals surface area contributed by atoms with Crippen molar-refractivity contribution in [1.82, 2.24) is 20.5 Å². The average Bonchev–Trinajstić information content (AvgIpc) is 3.22. The van der Waals surface area contributed by atoms with Gasteiger partial charge in [-0.1, -0.05) is 0 Å². The first-order valence-electron chi connectivity index (χ1n) is 10.0. The van der Waals surface area contributed by atoms with E-state index in [1.54, 1.807) is 34.6 Å². The van der Waals surface area contributed by atoms with E-state index < -0.39 is 0 Å². The average molecular weight is 541 g/mol. The van der Waals surface area contributed by atoms with Crippen LogP contribution in [0.3, 0.4) is 0 Å². The second-order valence-electron chi connectivity index (χ2n) is 7.22. The largest absolute Gasteiger partial charge is 0.497 e. The molecule has 1 aliphatic rings. The third-order valence-corrected chi connectivity index (χ3v) is 5.12. The molecule has 3 rings (SSSR count). The zero-order valence-electron chi connectivity index (χ0n) is 18.6. The summed E-state index contributed by atoms with van der Waals surface area (Å²) < 4.78 is 15.9. The topological polar surface area (TPSA) is 80.2 Å². The predicted octanol–water partition coefficient (Wildman–Crippen LogP) is 2.66. The molecule has 170 valence electrons. The molecule has 1 aliphatic heterocycles. The van der Waals surface area contributed by atoms with Gasteiger partial charge in [0.25, 0.3) is 0 Å². The van der Waals surface area contributed by atoms with Crippen molar-refractivity contribution in [3.8, 4) is 17.4 Å². The van der Waals surface area contributed by atoms with Gasteiger partial charge in [0.15, 0.2) is 5.96 Å². The maximum absolute atomic E-state index is 5.38. The van der Waals surface area contributed by atoms with E-state index in [-0.39, 0.29) is 24.0 Å². The number of likely N-dealkylation sites (tertiary alicyclic amines) is 1. The van der Waals surface area contributed by atoms with Gasteiger partial charge in [-0.05, 0) is 35.7 Å². The van der Waals surface area contributed by atoms with Gasteiger partial charge in [0.2, 0.25) is 5.88 Å². The number of ether oxygens (including phenoxy) is 3. The summed E-state index contributed by atoms with van der Waals surface area (Å²) >= 11 is 0. The fourth-order valence-corrected chi connectivity index (χ4v) is 3.56. The van der Waals surface area contributed by atoms with Crippen LogP contribution >= 0.6 is 24.0 Å². The first-order valence-corrected chi connectivity index (χ1v) is 10.0. The van der Waals surface area contributed by atoms with Gasteiger partial charge in [0.1, 0.15) is 11.5 Å². The lowest BCUT2D eigenvalue weighted by Gasteiger charge is -2.19. The smallest absolute Gasteiger partial charge is 0.213 e. The molecule has 2 aromatic rings. The predicted molar refractivity (Wildman–Crippen MR) is 133 cm³/mol. The van der Waals surface area contributed by atoms with Crippen LogP contribution in [0.25, 0.3) is 0 Å². The summed E-state index contributed by atoms with van der Waals surface area (Å²) in [7, 11) is 6.76. The lowest BCUT2D eigenvalue weighted by atomic mass is 10.2. The van der Waals surface area contributed by atoms with Crippen molar-refractivity contribution in [1.29, 1.82) is 0 Å². The van der Waals surface area contributed by atoms with E-state index in [1.807, 2.05) is 18.2 Å². The number of nitrogens with zero attached hydrogens (tertiary/aromatic N) is 3. The Morgan fingerprint density at radius 1 is 1.10 bits per heavy atom. The van der Waals surface area contributed by atoms with E-state index >= 15 is 0 Å². The Morgan fingerprint density at radius 2 is 1.84 bits per heavy atom. The summed E-state index contributed by atoms with van der Waals surface area (Å²) in [5, 5.41) is 6.89. The molecule has 0 radical (unpaired) electrons. The Balaban J connectivity index is 0.00000341. The van der Waals surface area contributed by atoms with Crippen molar-refractivity contribution in [2.75, 3.05) is 41.5 Å². The summed E-state index contributed by atoms with van der Waals surface area (Å²) in [6, 6.07) is 10.2.